The molecule has 1 aliphatic heterocycles. The van der Waals surface area contributed by atoms with Crippen LogP contribution in [0.4, 0.5) is 17.3 Å². The molecule has 0 unspecified atom stereocenters. The predicted molar refractivity (Wildman–Crippen MR) is 99.5 cm³/mol. The highest BCUT2D eigenvalue weighted by Crippen LogP contribution is 2.24. The number of aromatic nitrogens is 4. The molecule has 1 fully saturated rings. The van der Waals surface area contributed by atoms with E-state index in [1.807, 2.05) is 12.1 Å². The molecule has 1 aromatic carbocycles. The number of aromatic amines is 1. The molecule has 0 bridgehead atoms. The summed E-state index contributed by atoms with van der Waals surface area (Å²) in [5.74, 6) is 0.425. The average molecular weight is 338 g/mol. The summed E-state index contributed by atoms with van der Waals surface area (Å²) in [7, 11) is 1.78. The van der Waals surface area contributed by atoms with Crippen LogP contribution in [0.5, 0.6) is 0 Å². The zero-order chi connectivity index (χ0) is 17.2. The number of benzene rings is 1. The highest BCUT2D eigenvalue weighted by atomic mass is 16.1. The maximum Gasteiger partial charge on any atom is 0.263 e. The molecule has 0 saturated carbocycles. The first kappa shape index (κ1) is 15.7. The molecule has 130 valence electrons. The van der Waals surface area contributed by atoms with Crippen LogP contribution in [-0.2, 0) is 7.05 Å². The first-order valence-electron chi connectivity index (χ1n) is 8.75. The molecule has 3 heterocycles. The monoisotopic (exact) mass is 338 g/mol. The second kappa shape index (κ2) is 6.58. The molecule has 0 atom stereocenters. The van der Waals surface area contributed by atoms with E-state index < -0.39 is 0 Å². The predicted octanol–water partition coefficient (Wildman–Crippen LogP) is 2.78. The molecule has 1 aliphatic rings. The number of hydrogen-bond acceptors (Lipinski definition) is 5. The molecular weight excluding hydrogens is 316 g/mol. The minimum Gasteiger partial charge on any atom is -0.371 e. The van der Waals surface area contributed by atoms with E-state index in [0.29, 0.717) is 17.0 Å². The number of fused-ring (bicyclic) bond motifs is 1. The Morgan fingerprint density at radius 2 is 1.96 bits per heavy atom. The molecule has 3 aromatic rings. The van der Waals surface area contributed by atoms with E-state index in [2.05, 4.69) is 37.4 Å². The third-order valence-corrected chi connectivity index (χ3v) is 4.68. The fourth-order valence-corrected chi connectivity index (χ4v) is 3.34. The zero-order valence-corrected chi connectivity index (χ0v) is 14.3. The molecule has 7 nitrogen and oxygen atoms in total. The lowest BCUT2D eigenvalue weighted by molar-refractivity contribution is 0.726. The van der Waals surface area contributed by atoms with Crippen molar-refractivity contribution in [1.82, 2.24) is 19.7 Å². The van der Waals surface area contributed by atoms with Crippen molar-refractivity contribution in [3.05, 3.63) is 40.8 Å². The van der Waals surface area contributed by atoms with Gasteiger partial charge in [-0.1, -0.05) is 18.9 Å². The second-order valence-electron chi connectivity index (χ2n) is 6.50. The summed E-state index contributed by atoms with van der Waals surface area (Å²) in [5.41, 5.74) is 2.49. The van der Waals surface area contributed by atoms with Gasteiger partial charge in [0.1, 0.15) is 5.39 Å². The van der Waals surface area contributed by atoms with Gasteiger partial charge < -0.3 is 10.2 Å². The lowest BCUT2D eigenvalue weighted by atomic mass is 10.2. The molecular formula is C18H22N6O. The standard InChI is InChI=1S/C18H22N6O/c1-23-16-15(12-19-23)17(25)22-18(21-16)20-13-7-6-8-14(11-13)24-9-4-2-3-5-10-24/h6-8,11-12H,2-5,9-10H2,1H3,(H2,20,21,22,25). The van der Waals surface area contributed by atoms with Crippen LogP contribution < -0.4 is 15.8 Å². The molecule has 2 aromatic heterocycles. The van der Waals surface area contributed by atoms with E-state index in [1.165, 1.54) is 37.6 Å². The summed E-state index contributed by atoms with van der Waals surface area (Å²) in [5, 5.41) is 7.80. The van der Waals surface area contributed by atoms with Gasteiger partial charge in [-0.05, 0) is 31.0 Å². The lowest BCUT2D eigenvalue weighted by Gasteiger charge is -2.23. The first-order valence-corrected chi connectivity index (χ1v) is 8.75. The third-order valence-electron chi connectivity index (χ3n) is 4.68. The number of nitrogens with zero attached hydrogens (tertiary/aromatic N) is 4. The zero-order valence-electron chi connectivity index (χ0n) is 14.3. The summed E-state index contributed by atoms with van der Waals surface area (Å²) in [6.45, 7) is 2.19. The number of aryl methyl sites for hydroxylation is 1. The molecule has 25 heavy (non-hydrogen) atoms. The molecule has 4 rings (SSSR count). The molecule has 2 N–H and O–H groups in total. The smallest absolute Gasteiger partial charge is 0.263 e. The average Bonchev–Trinajstić information content (AvgIpc) is 2.83. The van der Waals surface area contributed by atoms with Crippen LogP contribution in [0.3, 0.4) is 0 Å². The van der Waals surface area contributed by atoms with Crippen molar-refractivity contribution in [2.24, 2.45) is 7.05 Å². The first-order chi connectivity index (χ1) is 12.2. The molecule has 0 amide bonds. The molecule has 0 aliphatic carbocycles. The fourth-order valence-electron chi connectivity index (χ4n) is 3.34. The minimum absolute atomic E-state index is 0.190. The summed E-state index contributed by atoms with van der Waals surface area (Å²) >= 11 is 0. The number of H-pyrrole nitrogens is 1. The Kier molecular flexibility index (Phi) is 4.13. The topological polar surface area (TPSA) is 78.8 Å². The van der Waals surface area contributed by atoms with E-state index in [9.17, 15) is 4.79 Å². The van der Waals surface area contributed by atoms with Crippen LogP contribution in [0, 0.1) is 0 Å². The summed E-state index contributed by atoms with van der Waals surface area (Å²) in [6.07, 6.45) is 6.63. The van der Waals surface area contributed by atoms with Crippen LogP contribution in [0.15, 0.2) is 35.3 Å². The Balaban J connectivity index is 1.61. The number of rotatable bonds is 3. The summed E-state index contributed by atoms with van der Waals surface area (Å²) < 4.78 is 1.60. The van der Waals surface area contributed by atoms with Crippen molar-refractivity contribution >= 4 is 28.4 Å². The van der Waals surface area contributed by atoms with Gasteiger partial charge in [0.25, 0.3) is 5.56 Å². The number of anilines is 3. The Morgan fingerprint density at radius 1 is 1.16 bits per heavy atom. The normalized spacial score (nSPS) is 15.3. The van der Waals surface area contributed by atoms with Gasteiger partial charge >= 0.3 is 0 Å². The SMILES string of the molecule is Cn1ncc2c(=O)[nH]c(Nc3cccc(N4CCCCCC4)c3)nc21. The van der Waals surface area contributed by atoms with Gasteiger partial charge in [0, 0.05) is 31.5 Å². The van der Waals surface area contributed by atoms with Gasteiger partial charge in [-0.15, -0.1) is 0 Å². The highest BCUT2D eigenvalue weighted by molar-refractivity contribution is 5.75. The van der Waals surface area contributed by atoms with Gasteiger partial charge in [-0.25, -0.2) is 0 Å². The van der Waals surface area contributed by atoms with E-state index in [0.717, 1.165) is 18.8 Å². The van der Waals surface area contributed by atoms with E-state index >= 15 is 0 Å². The van der Waals surface area contributed by atoms with Crippen LogP contribution in [0.2, 0.25) is 0 Å². The largest absolute Gasteiger partial charge is 0.371 e. The highest BCUT2D eigenvalue weighted by Gasteiger charge is 2.11. The Morgan fingerprint density at radius 3 is 2.76 bits per heavy atom. The Hall–Kier alpha value is -2.83. The van der Waals surface area contributed by atoms with Gasteiger partial charge in [0.05, 0.1) is 6.20 Å². The molecule has 0 radical (unpaired) electrons. The van der Waals surface area contributed by atoms with Crippen molar-refractivity contribution in [2.75, 3.05) is 23.3 Å². The van der Waals surface area contributed by atoms with Crippen molar-refractivity contribution in [2.45, 2.75) is 25.7 Å². The quantitative estimate of drug-likeness (QED) is 0.768. The van der Waals surface area contributed by atoms with Crippen LogP contribution in [-0.4, -0.2) is 32.8 Å². The molecule has 1 saturated heterocycles. The minimum atomic E-state index is -0.190. The van der Waals surface area contributed by atoms with Gasteiger partial charge in [-0.2, -0.15) is 10.1 Å². The summed E-state index contributed by atoms with van der Waals surface area (Å²) in [4.78, 5) is 21.8. The van der Waals surface area contributed by atoms with Gasteiger partial charge in [0.15, 0.2) is 5.65 Å². The van der Waals surface area contributed by atoms with Crippen LogP contribution >= 0.6 is 0 Å². The maximum absolute atomic E-state index is 12.2. The van der Waals surface area contributed by atoms with E-state index in [1.54, 1.807) is 11.7 Å². The molecule has 0 spiro atoms. The van der Waals surface area contributed by atoms with Crippen molar-refractivity contribution < 1.29 is 0 Å². The third kappa shape index (κ3) is 3.22. The van der Waals surface area contributed by atoms with Gasteiger partial charge in [-0.3, -0.25) is 14.5 Å². The maximum atomic E-state index is 12.2. The lowest BCUT2D eigenvalue weighted by Crippen LogP contribution is -2.23. The van der Waals surface area contributed by atoms with Gasteiger partial charge in [0.2, 0.25) is 5.95 Å². The molecule has 7 heteroatoms. The van der Waals surface area contributed by atoms with Crippen molar-refractivity contribution in [3.8, 4) is 0 Å². The van der Waals surface area contributed by atoms with Crippen molar-refractivity contribution in [1.29, 1.82) is 0 Å². The Labute approximate surface area is 145 Å². The Bertz CT molecular complexity index is 936. The van der Waals surface area contributed by atoms with E-state index in [-0.39, 0.29) is 5.56 Å². The second-order valence-corrected chi connectivity index (χ2v) is 6.50. The van der Waals surface area contributed by atoms with Crippen LogP contribution in [0.1, 0.15) is 25.7 Å². The summed E-state index contributed by atoms with van der Waals surface area (Å²) in [6, 6.07) is 8.26. The number of nitrogens with one attached hydrogen (secondary N) is 2. The number of hydrogen-bond donors (Lipinski definition) is 2. The van der Waals surface area contributed by atoms with E-state index in [4.69, 9.17) is 0 Å². The van der Waals surface area contributed by atoms with Crippen LogP contribution in [0.25, 0.3) is 11.0 Å². The fraction of sp³-hybridized carbons (Fsp3) is 0.389. The van der Waals surface area contributed by atoms with Crippen molar-refractivity contribution in [3.63, 3.8) is 0 Å².